The van der Waals surface area contributed by atoms with Gasteiger partial charge in [0.2, 0.25) is 0 Å². The quantitative estimate of drug-likeness (QED) is 0.206. The number of aromatic nitrogens is 3. The van der Waals surface area contributed by atoms with E-state index in [-0.39, 0.29) is 46.9 Å². The van der Waals surface area contributed by atoms with E-state index in [9.17, 15) is 18.0 Å². The van der Waals surface area contributed by atoms with Crippen molar-refractivity contribution in [1.82, 2.24) is 19.9 Å². The van der Waals surface area contributed by atoms with Crippen LogP contribution < -0.4 is 21.1 Å². The van der Waals surface area contributed by atoms with Crippen LogP contribution in [0.4, 0.5) is 24.7 Å². The van der Waals surface area contributed by atoms with Crippen LogP contribution in [0.15, 0.2) is 55.0 Å². The number of nitrogens with two attached hydrogens (primary N) is 1. The summed E-state index contributed by atoms with van der Waals surface area (Å²) in [6.07, 6.45) is -1.39. The van der Waals surface area contributed by atoms with E-state index in [4.69, 9.17) is 22.1 Å². The average molecular weight is 620 g/mol. The largest absolute Gasteiger partial charge is 0.456 e. The van der Waals surface area contributed by atoms with Gasteiger partial charge in [0.25, 0.3) is 5.91 Å². The van der Waals surface area contributed by atoms with Crippen molar-refractivity contribution in [2.75, 3.05) is 11.9 Å². The number of fused-ring (bicyclic) bond motifs is 1. The van der Waals surface area contributed by atoms with Crippen LogP contribution in [0.3, 0.4) is 0 Å². The molecule has 0 aliphatic rings. The first-order valence-corrected chi connectivity index (χ1v) is 12.0. The molecule has 0 atom stereocenters. The Morgan fingerprint density at radius 2 is 1.80 bits per heavy atom. The van der Waals surface area contributed by atoms with Gasteiger partial charge in [-0.1, -0.05) is 11.6 Å². The van der Waals surface area contributed by atoms with Crippen molar-refractivity contribution in [3.8, 4) is 11.5 Å². The predicted octanol–water partition coefficient (Wildman–Crippen LogP) is 6.97. The summed E-state index contributed by atoms with van der Waals surface area (Å²) in [7, 11) is 0. The Morgan fingerprint density at radius 3 is 2.42 bits per heavy atom. The van der Waals surface area contributed by atoms with E-state index in [1.54, 1.807) is 32.9 Å². The van der Waals surface area contributed by atoms with Crippen LogP contribution in [0.1, 0.15) is 36.7 Å². The minimum Gasteiger partial charge on any atom is -0.456 e. The second kappa shape index (κ2) is 12.9. The Hall–Kier alpha value is -3.25. The molecule has 0 aliphatic carbocycles. The standard InChI is InChI=1S/C26H26ClF3N6O2.2ClH/c1-25(2,3)35-24(37)15-10-16(26(28,29)30)12-18(11-15)38-21-5-4-17(13-19(21)27)34-23-22-20(32-14-33-23)6-8-36(22)9-7-31;;/h4-6,8,10-14H,7,9,31H2,1-3H3,(H,35,37)(H,32,33,34);2*1H. The number of amides is 1. The van der Waals surface area contributed by atoms with Gasteiger partial charge < -0.3 is 25.7 Å². The highest BCUT2D eigenvalue weighted by Crippen LogP contribution is 2.37. The van der Waals surface area contributed by atoms with Gasteiger partial charge in [-0.15, -0.1) is 24.8 Å². The Labute approximate surface area is 246 Å². The lowest BCUT2D eigenvalue weighted by Crippen LogP contribution is -2.40. The number of nitrogens with one attached hydrogen (secondary N) is 2. The van der Waals surface area contributed by atoms with E-state index in [1.807, 2.05) is 16.8 Å². The lowest BCUT2D eigenvalue weighted by Gasteiger charge is -2.21. The molecule has 2 heterocycles. The second-order valence-corrected chi connectivity index (χ2v) is 9.98. The van der Waals surface area contributed by atoms with Gasteiger partial charge in [-0.25, -0.2) is 9.97 Å². The molecule has 0 saturated heterocycles. The van der Waals surface area contributed by atoms with Gasteiger partial charge in [0.05, 0.1) is 16.1 Å². The molecular weight excluding hydrogens is 592 g/mol. The fourth-order valence-corrected chi connectivity index (χ4v) is 3.96. The summed E-state index contributed by atoms with van der Waals surface area (Å²) in [6, 6.07) is 9.41. The fraction of sp³-hybridized carbons (Fsp3) is 0.269. The number of rotatable bonds is 7. The van der Waals surface area contributed by atoms with Gasteiger partial charge in [-0.3, -0.25) is 4.79 Å². The smallest absolute Gasteiger partial charge is 0.416 e. The van der Waals surface area contributed by atoms with Gasteiger partial charge in [0, 0.05) is 36.1 Å². The number of benzene rings is 2. The van der Waals surface area contributed by atoms with Crippen molar-refractivity contribution in [3.63, 3.8) is 0 Å². The highest BCUT2D eigenvalue weighted by Gasteiger charge is 2.32. The zero-order chi connectivity index (χ0) is 27.7. The molecule has 14 heteroatoms. The third kappa shape index (κ3) is 7.91. The van der Waals surface area contributed by atoms with Crippen molar-refractivity contribution in [2.45, 2.75) is 39.0 Å². The number of anilines is 2. The minimum absolute atomic E-state index is 0. The minimum atomic E-state index is -4.68. The number of ether oxygens (including phenoxy) is 1. The molecule has 0 unspecified atom stereocenters. The Bertz CT molecular complexity index is 1490. The maximum atomic E-state index is 13.6. The number of alkyl halides is 3. The van der Waals surface area contributed by atoms with Crippen LogP contribution in [0.25, 0.3) is 11.0 Å². The van der Waals surface area contributed by atoms with E-state index < -0.39 is 23.2 Å². The molecule has 8 nitrogen and oxygen atoms in total. The first-order valence-electron chi connectivity index (χ1n) is 11.6. The maximum absolute atomic E-state index is 13.6. The summed E-state index contributed by atoms with van der Waals surface area (Å²) in [5.74, 6) is -0.197. The molecule has 0 aliphatic heterocycles. The van der Waals surface area contributed by atoms with Gasteiger partial charge in [-0.2, -0.15) is 13.2 Å². The van der Waals surface area contributed by atoms with Gasteiger partial charge in [-0.05, 0) is 63.2 Å². The summed E-state index contributed by atoms with van der Waals surface area (Å²) >= 11 is 6.42. The van der Waals surface area contributed by atoms with Crippen LogP contribution in [0.5, 0.6) is 11.5 Å². The molecule has 216 valence electrons. The maximum Gasteiger partial charge on any atom is 0.416 e. The molecule has 1 amide bonds. The number of carbonyl (C=O) groups excluding carboxylic acids is 1. The first-order chi connectivity index (χ1) is 17.8. The highest BCUT2D eigenvalue weighted by atomic mass is 35.5. The van der Waals surface area contributed by atoms with E-state index in [0.29, 0.717) is 24.6 Å². The third-order valence-corrected chi connectivity index (χ3v) is 5.62. The molecule has 2 aromatic heterocycles. The average Bonchev–Trinajstić information content (AvgIpc) is 3.23. The molecule has 40 heavy (non-hydrogen) atoms. The zero-order valence-corrected chi connectivity index (χ0v) is 24.1. The first kappa shape index (κ1) is 33.0. The van der Waals surface area contributed by atoms with Crippen LogP contribution in [-0.2, 0) is 12.7 Å². The summed E-state index contributed by atoms with van der Waals surface area (Å²) in [5, 5.41) is 5.97. The summed E-state index contributed by atoms with van der Waals surface area (Å²) in [4.78, 5) is 21.2. The monoisotopic (exact) mass is 618 g/mol. The number of halogens is 6. The van der Waals surface area contributed by atoms with E-state index in [2.05, 4.69) is 20.6 Å². The number of nitrogens with zero attached hydrogens (tertiary/aromatic N) is 3. The van der Waals surface area contributed by atoms with E-state index in [0.717, 1.165) is 23.2 Å². The molecule has 4 N–H and O–H groups in total. The lowest BCUT2D eigenvalue weighted by molar-refractivity contribution is -0.137. The third-order valence-electron chi connectivity index (χ3n) is 5.33. The molecule has 2 aromatic carbocycles. The normalized spacial score (nSPS) is 11.4. The molecule has 0 spiro atoms. The van der Waals surface area contributed by atoms with Crippen LogP contribution >= 0.6 is 36.4 Å². The van der Waals surface area contributed by atoms with Crippen molar-refractivity contribution < 1.29 is 22.7 Å². The van der Waals surface area contributed by atoms with Crippen LogP contribution in [0, 0.1) is 0 Å². The molecule has 4 aromatic rings. The second-order valence-electron chi connectivity index (χ2n) is 9.57. The topological polar surface area (TPSA) is 107 Å². The van der Waals surface area contributed by atoms with Crippen LogP contribution in [-0.4, -0.2) is 32.5 Å². The molecule has 0 saturated carbocycles. The number of hydrogen-bond donors (Lipinski definition) is 3. The highest BCUT2D eigenvalue weighted by molar-refractivity contribution is 6.32. The number of carbonyl (C=O) groups is 1. The fourth-order valence-electron chi connectivity index (χ4n) is 3.74. The van der Waals surface area contributed by atoms with Gasteiger partial charge in [0.1, 0.15) is 23.3 Å². The predicted molar refractivity (Wildman–Crippen MR) is 155 cm³/mol. The zero-order valence-electron chi connectivity index (χ0n) is 21.7. The lowest BCUT2D eigenvalue weighted by atomic mass is 10.1. The van der Waals surface area contributed by atoms with Crippen molar-refractivity contribution >= 4 is 64.9 Å². The van der Waals surface area contributed by atoms with E-state index >= 15 is 0 Å². The summed E-state index contributed by atoms with van der Waals surface area (Å²) in [5.41, 5.74) is 5.92. The van der Waals surface area contributed by atoms with Crippen LogP contribution in [0.2, 0.25) is 5.02 Å². The molecule has 0 bridgehead atoms. The molecule has 4 rings (SSSR count). The summed E-state index contributed by atoms with van der Waals surface area (Å²) < 4.78 is 48.3. The SMILES string of the molecule is CC(C)(C)NC(=O)c1cc(Oc2ccc(Nc3ncnc4ccn(CCN)c34)cc2Cl)cc(C(F)(F)F)c1.Cl.Cl. The Morgan fingerprint density at radius 1 is 1.07 bits per heavy atom. The molecule has 0 fully saturated rings. The van der Waals surface area contributed by atoms with E-state index in [1.165, 1.54) is 18.5 Å². The Kier molecular flexibility index (Phi) is 10.7. The van der Waals surface area contributed by atoms with Crippen molar-refractivity contribution in [3.05, 3.63) is 71.1 Å². The van der Waals surface area contributed by atoms with Crippen molar-refractivity contribution in [1.29, 1.82) is 0 Å². The van der Waals surface area contributed by atoms with Gasteiger partial charge in [0.15, 0.2) is 5.82 Å². The number of hydrogen-bond acceptors (Lipinski definition) is 6. The molecule has 0 radical (unpaired) electrons. The van der Waals surface area contributed by atoms with Gasteiger partial charge >= 0.3 is 6.18 Å². The van der Waals surface area contributed by atoms with Crippen molar-refractivity contribution in [2.24, 2.45) is 5.73 Å². The summed E-state index contributed by atoms with van der Waals surface area (Å²) in [6.45, 7) is 6.20. The Balaban J connectivity index is 0.00000280. The molecular formula is C26H28Cl3F3N6O2.